The molecule has 6 heteroatoms. The van der Waals surface area contributed by atoms with E-state index in [0.29, 0.717) is 37.4 Å². The van der Waals surface area contributed by atoms with E-state index in [0.717, 1.165) is 24.8 Å². The molecule has 2 amide bonds. The molecule has 2 atom stereocenters. The first-order chi connectivity index (χ1) is 14.1. The average molecular weight is 419 g/mol. The van der Waals surface area contributed by atoms with E-state index in [9.17, 15) is 9.59 Å². The number of ether oxygens (including phenoxy) is 2. The Bertz CT molecular complexity index is 726. The fourth-order valence-corrected chi connectivity index (χ4v) is 4.30. The van der Waals surface area contributed by atoms with Crippen molar-refractivity contribution in [2.75, 3.05) is 20.8 Å². The number of nitrogens with one attached hydrogen (secondary N) is 1. The van der Waals surface area contributed by atoms with Gasteiger partial charge in [-0.3, -0.25) is 9.59 Å². The van der Waals surface area contributed by atoms with Crippen LogP contribution in [0.5, 0.6) is 11.5 Å². The van der Waals surface area contributed by atoms with Crippen molar-refractivity contribution in [2.24, 2.45) is 11.3 Å². The molecule has 1 aromatic rings. The molecular weight excluding hydrogens is 380 g/mol. The van der Waals surface area contributed by atoms with E-state index in [1.54, 1.807) is 19.1 Å². The van der Waals surface area contributed by atoms with Gasteiger partial charge in [-0.05, 0) is 54.7 Å². The van der Waals surface area contributed by atoms with E-state index >= 15 is 0 Å². The SMILES string of the molecule is COc1ccc(CN(C(=O)CC(C)CC(C)(C)C)C2CCCCNC2=O)cc1OC. The number of rotatable bonds is 8. The Balaban J connectivity index is 2.26. The predicted octanol–water partition coefficient (Wildman–Crippen LogP) is 4.16. The molecule has 1 heterocycles. The lowest BCUT2D eigenvalue weighted by molar-refractivity contribution is -0.142. The van der Waals surface area contributed by atoms with Crippen LogP contribution >= 0.6 is 0 Å². The van der Waals surface area contributed by atoms with Crippen molar-refractivity contribution in [3.8, 4) is 11.5 Å². The summed E-state index contributed by atoms with van der Waals surface area (Å²) < 4.78 is 10.7. The van der Waals surface area contributed by atoms with Gasteiger partial charge in [-0.2, -0.15) is 0 Å². The molecule has 2 unspecified atom stereocenters. The molecule has 0 aromatic heterocycles. The van der Waals surface area contributed by atoms with Crippen molar-refractivity contribution in [1.82, 2.24) is 10.2 Å². The van der Waals surface area contributed by atoms with Crippen molar-refractivity contribution >= 4 is 11.8 Å². The summed E-state index contributed by atoms with van der Waals surface area (Å²) in [5.74, 6) is 1.49. The molecule has 1 fully saturated rings. The zero-order chi connectivity index (χ0) is 22.3. The van der Waals surface area contributed by atoms with Crippen molar-refractivity contribution in [1.29, 1.82) is 0 Å². The van der Waals surface area contributed by atoms with Crippen molar-refractivity contribution in [2.45, 2.75) is 72.4 Å². The molecule has 6 nitrogen and oxygen atoms in total. The second-order valence-electron chi connectivity index (χ2n) is 9.59. The van der Waals surface area contributed by atoms with Gasteiger partial charge in [0.15, 0.2) is 11.5 Å². The van der Waals surface area contributed by atoms with E-state index in [1.807, 2.05) is 18.2 Å². The normalized spacial score (nSPS) is 18.2. The van der Waals surface area contributed by atoms with Gasteiger partial charge in [0.1, 0.15) is 6.04 Å². The minimum atomic E-state index is -0.435. The summed E-state index contributed by atoms with van der Waals surface area (Å²) in [5, 5.41) is 2.97. The van der Waals surface area contributed by atoms with Crippen LogP contribution in [0, 0.1) is 11.3 Å². The lowest BCUT2D eigenvalue weighted by atomic mass is 9.84. The largest absolute Gasteiger partial charge is 0.493 e. The summed E-state index contributed by atoms with van der Waals surface area (Å²) in [6.45, 7) is 9.73. The highest BCUT2D eigenvalue weighted by atomic mass is 16.5. The van der Waals surface area contributed by atoms with Gasteiger partial charge in [-0.15, -0.1) is 0 Å². The van der Waals surface area contributed by atoms with Crippen molar-refractivity contribution in [3.05, 3.63) is 23.8 Å². The van der Waals surface area contributed by atoms with Crippen LogP contribution < -0.4 is 14.8 Å². The second-order valence-corrected chi connectivity index (χ2v) is 9.59. The Kier molecular flexibility index (Phi) is 8.56. The molecule has 0 spiro atoms. The van der Waals surface area contributed by atoms with Crippen LogP contribution in [-0.4, -0.2) is 43.5 Å². The van der Waals surface area contributed by atoms with Gasteiger partial charge >= 0.3 is 0 Å². The van der Waals surface area contributed by atoms with Gasteiger partial charge in [0, 0.05) is 19.5 Å². The number of nitrogens with zero attached hydrogens (tertiary/aromatic N) is 1. The smallest absolute Gasteiger partial charge is 0.242 e. The standard InChI is InChI=1S/C24H38N2O4/c1-17(15-24(2,3)4)13-22(27)26(19-9-7-8-12-25-23(19)28)16-18-10-11-20(29-5)21(14-18)30-6/h10-11,14,17,19H,7-9,12-13,15-16H2,1-6H3,(H,25,28). The van der Waals surface area contributed by atoms with Crippen LogP contribution in [0.1, 0.15) is 65.4 Å². The number of methoxy groups -OCH3 is 2. The molecule has 0 bridgehead atoms. The highest BCUT2D eigenvalue weighted by molar-refractivity contribution is 5.88. The van der Waals surface area contributed by atoms with Gasteiger partial charge in [-0.25, -0.2) is 0 Å². The molecule has 1 aromatic carbocycles. The highest BCUT2D eigenvalue weighted by Crippen LogP contribution is 2.30. The van der Waals surface area contributed by atoms with Gasteiger partial charge in [-0.1, -0.05) is 33.8 Å². The number of carbonyl (C=O) groups is 2. The van der Waals surface area contributed by atoms with Crippen LogP contribution in [0.15, 0.2) is 18.2 Å². The Morgan fingerprint density at radius 2 is 1.90 bits per heavy atom. The quantitative estimate of drug-likeness (QED) is 0.688. The Morgan fingerprint density at radius 1 is 1.20 bits per heavy atom. The molecular formula is C24H38N2O4. The minimum Gasteiger partial charge on any atom is -0.493 e. The van der Waals surface area contributed by atoms with Crippen LogP contribution in [0.2, 0.25) is 0 Å². The molecule has 0 aliphatic carbocycles. The third kappa shape index (κ3) is 6.92. The first-order valence-corrected chi connectivity index (χ1v) is 10.9. The molecule has 0 radical (unpaired) electrons. The Labute approximate surface area is 181 Å². The van der Waals surface area contributed by atoms with Crippen molar-refractivity contribution in [3.63, 3.8) is 0 Å². The molecule has 30 heavy (non-hydrogen) atoms. The monoisotopic (exact) mass is 418 g/mol. The summed E-state index contributed by atoms with van der Waals surface area (Å²) in [7, 11) is 3.19. The molecule has 1 saturated heterocycles. The third-order valence-corrected chi connectivity index (χ3v) is 5.49. The topological polar surface area (TPSA) is 67.9 Å². The van der Waals surface area contributed by atoms with E-state index in [2.05, 4.69) is 33.0 Å². The van der Waals surface area contributed by atoms with Gasteiger partial charge in [0.25, 0.3) is 0 Å². The third-order valence-electron chi connectivity index (χ3n) is 5.49. The number of carbonyl (C=O) groups excluding carboxylic acids is 2. The summed E-state index contributed by atoms with van der Waals surface area (Å²) in [4.78, 5) is 27.9. The van der Waals surface area contributed by atoms with Gasteiger partial charge in [0.2, 0.25) is 11.8 Å². The summed E-state index contributed by atoms with van der Waals surface area (Å²) in [6.07, 6.45) is 3.96. The first-order valence-electron chi connectivity index (χ1n) is 10.9. The average Bonchev–Trinajstić information content (AvgIpc) is 2.88. The van der Waals surface area contributed by atoms with Crippen molar-refractivity contribution < 1.29 is 19.1 Å². The minimum absolute atomic E-state index is 0.0311. The van der Waals surface area contributed by atoms with Crippen LogP contribution in [0.3, 0.4) is 0 Å². The molecule has 0 saturated carbocycles. The molecule has 1 N–H and O–H groups in total. The number of amides is 2. The Morgan fingerprint density at radius 3 is 2.53 bits per heavy atom. The summed E-state index contributed by atoms with van der Waals surface area (Å²) in [5.41, 5.74) is 1.08. The zero-order valence-electron chi connectivity index (χ0n) is 19.4. The van der Waals surface area contributed by atoms with E-state index in [-0.39, 0.29) is 23.1 Å². The van der Waals surface area contributed by atoms with Crippen LogP contribution in [0.4, 0.5) is 0 Å². The van der Waals surface area contributed by atoms with E-state index in [1.165, 1.54) is 0 Å². The maximum Gasteiger partial charge on any atom is 0.242 e. The van der Waals surface area contributed by atoms with E-state index < -0.39 is 6.04 Å². The molecule has 168 valence electrons. The molecule has 2 rings (SSSR count). The van der Waals surface area contributed by atoms with Crippen LogP contribution in [-0.2, 0) is 16.1 Å². The van der Waals surface area contributed by atoms with Gasteiger partial charge in [0.05, 0.1) is 14.2 Å². The summed E-state index contributed by atoms with van der Waals surface area (Å²) >= 11 is 0. The Hall–Kier alpha value is -2.24. The fraction of sp³-hybridized carbons (Fsp3) is 0.667. The lowest BCUT2D eigenvalue weighted by Crippen LogP contribution is -2.48. The fourth-order valence-electron chi connectivity index (χ4n) is 4.30. The highest BCUT2D eigenvalue weighted by Gasteiger charge is 2.32. The van der Waals surface area contributed by atoms with Crippen LogP contribution in [0.25, 0.3) is 0 Å². The second kappa shape index (κ2) is 10.7. The maximum absolute atomic E-state index is 13.4. The predicted molar refractivity (Wildman–Crippen MR) is 119 cm³/mol. The van der Waals surface area contributed by atoms with E-state index in [4.69, 9.17) is 9.47 Å². The maximum atomic E-state index is 13.4. The molecule has 1 aliphatic heterocycles. The van der Waals surface area contributed by atoms with Gasteiger partial charge < -0.3 is 19.7 Å². The molecule has 1 aliphatic rings. The number of hydrogen-bond donors (Lipinski definition) is 1. The summed E-state index contributed by atoms with van der Waals surface area (Å²) in [6, 6.07) is 5.21. The zero-order valence-corrected chi connectivity index (χ0v) is 19.4. The first kappa shape index (κ1) is 24.0. The number of hydrogen-bond acceptors (Lipinski definition) is 4. The number of benzene rings is 1. The lowest BCUT2D eigenvalue weighted by Gasteiger charge is -2.32.